The topological polar surface area (TPSA) is 64.7 Å². The van der Waals surface area contributed by atoms with Gasteiger partial charge in [0.05, 0.1) is 19.1 Å². The number of aryl methyl sites for hydroxylation is 2. The van der Waals surface area contributed by atoms with Gasteiger partial charge >= 0.3 is 0 Å². The third kappa shape index (κ3) is 7.01. The molecule has 1 atom stereocenters. The Bertz CT molecular complexity index is 1110. The van der Waals surface area contributed by atoms with Crippen molar-refractivity contribution in [1.29, 1.82) is 0 Å². The van der Waals surface area contributed by atoms with E-state index in [0.717, 1.165) is 54.3 Å². The zero-order valence-corrected chi connectivity index (χ0v) is 21.3. The van der Waals surface area contributed by atoms with Gasteiger partial charge in [0.25, 0.3) is 0 Å². The van der Waals surface area contributed by atoms with Crippen LogP contribution in [-0.4, -0.2) is 60.9 Å². The predicted octanol–water partition coefficient (Wildman–Crippen LogP) is 4.08. The Balaban J connectivity index is 1.26. The van der Waals surface area contributed by atoms with Crippen molar-refractivity contribution in [2.24, 2.45) is 0 Å². The molecular weight excluding hydrogens is 456 g/mol. The maximum absolute atomic E-state index is 13.0. The summed E-state index contributed by atoms with van der Waals surface area (Å²) in [5.41, 5.74) is 4.32. The van der Waals surface area contributed by atoms with Gasteiger partial charge in [-0.3, -0.25) is 19.4 Å². The lowest BCUT2D eigenvalue weighted by Gasteiger charge is -2.34. The van der Waals surface area contributed by atoms with Crippen molar-refractivity contribution in [3.8, 4) is 0 Å². The van der Waals surface area contributed by atoms with E-state index in [2.05, 4.69) is 64.6 Å². The first-order valence-electron chi connectivity index (χ1n) is 12.2. The number of carbonyl (C=O) groups is 2. The van der Waals surface area contributed by atoms with Crippen LogP contribution in [0.15, 0.2) is 66.0 Å². The molecule has 0 radical (unpaired) electrons. The molecule has 1 unspecified atom stereocenters. The van der Waals surface area contributed by atoms with Crippen molar-refractivity contribution in [2.45, 2.75) is 26.3 Å². The van der Waals surface area contributed by atoms with Gasteiger partial charge in [-0.2, -0.15) is 0 Å². The highest BCUT2D eigenvalue weighted by Crippen LogP contribution is 2.26. The van der Waals surface area contributed by atoms with Crippen molar-refractivity contribution in [3.63, 3.8) is 0 Å². The van der Waals surface area contributed by atoms with Crippen LogP contribution in [0.2, 0.25) is 0 Å². The molecule has 0 spiro atoms. The predicted molar refractivity (Wildman–Crippen MR) is 143 cm³/mol. The number of piperazine rings is 1. The fraction of sp³-hybridized carbons (Fsp3) is 0.357. The van der Waals surface area contributed by atoms with Crippen molar-refractivity contribution in [3.05, 3.63) is 87.6 Å². The second-order valence-corrected chi connectivity index (χ2v) is 10.0. The molecule has 7 heteroatoms. The molecule has 35 heavy (non-hydrogen) atoms. The molecule has 2 amide bonds. The zero-order chi connectivity index (χ0) is 24.6. The lowest BCUT2D eigenvalue weighted by Crippen LogP contribution is -2.51. The molecule has 1 aliphatic heterocycles. The van der Waals surface area contributed by atoms with E-state index in [1.54, 1.807) is 11.3 Å². The SMILES string of the molecule is CCc1ccccc1NC(=O)CN1CCN(CC(=O)NC(c2ccc(C)cc2)c2cccs2)CC1. The van der Waals surface area contributed by atoms with Crippen molar-refractivity contribution < 1.29 is 9.59 Å². The van der Waals surface area contributed by atoms with Gasteiger partial charge in [0, 0.05) is 36.7 Å². The summed E-state index contributed by atoms with van der Waals surface area (Å²) < 4.78 is 0. The minimum atomic E-state index is -0.140. The third-order valence-electron chi connectivity index (χ3n) is 6.42. The Labute approximate surface area is 212 Å². The van der Waals surface area contributed by atoms with E-state index in [1.165, 1.54) is 5.56 Å². The molecule has 4 rings (SSSR count). The van der Waals surface area contributed by atoms with E-state index in [-0.39, 0.29) is 17.9 Å². The van der Waals surface area contributed by atoms with E-state index < -0.39 is 0 Å². The monoisotopic (exact) mass is 490 g/mol. The lowest BCUT2D eigenvalue weighted by molar-refractivity contribution is -0.124. The number of carbonyl (C=O) groups excluding carboxylic acids is 2. The second kappa shape index (κ2) is 12.1. The van der Waals surface area contributed by atoms with E-state index in [0.29, 0.717) is 13.1 Å². The van der Waals surface area contributed by atoms with E-state index in [4.69, 9.17) is 0 Å². The molecule has 1 fully saturated rings. The molecule has 1 aliphatic rings. The first-order chi connectivity index (χ1) is 17.0. The highest BCUT2D eigenvalue weighted by molar-refractivity contribution is 7.10. The Morgan fingerprint density at radius 1 is 0.886 bits per heavy atom. The summed E-state index contributed by atoms with van der Waals surface area (Å²) in [5, 5.41) is 8.33. The first-order valence-corrected chi connectivity index (χ1v) is 13.1. The van der Waals surface area contributed by atoms with E-state index in [1.807, 2.05) is 35.7 Å². The smallest absolute Gasteiger partial charge is 0.238 e. The summed E-state index contributed by atoms with van der Waals surface area (Å²) in [6.07, 6.45) is 0.883. The third-order valence-corrected chi connectivity index (χ3v) is 7.35. The molecule has 3 aromatic rings. The van der Waals surface area contributed by atoms with Gasteiger partial charge in [-0.1, -0.05) is 61.0 Å². The average Bonchev–Trinajstić information content (AvgIpc) is 3.39. The maximum atomic E-state index is 13.0. The number of hydrogen-bond acceptors (Lipinski definition) is 5. The molecule has 184 valence electrons. The molecule has 1 saturated heterocycles. The van der Waals surface area contributed by atoms with Gasteiger partial charge in [-0.25, -0.2) is 0 Å². The Kier molecular flexibility index (Phi) is 8.69. The number of rotatable bonds is 9. The first kappa shape index (κ1) is 25.1. The minimum Gasteiger partial charge on any atom is -0.343 e. The molecule has 0 aliphatic carbocycles. The average molecular weight is 491 g/mol. The minimum absolute atomic E-state index is 0.00832. The van der Waals surface area contributed by atoms with Crippen LogP contribution in [-0.2, 0) is 16.0 Å². The number of amides is 2. The van der Waals surface area contributed by atoms with Gasteiger partial charge in [0.15, 0.2) is 0 Å². The quantitative estimate of drug-likeness (QED) is 0.474. The van der Waals surface area contributed by atoms with Gasteiger partial charge in [-0.15, -0.1) is 11.3 Å². The van der Waals surface area contributed by atoms with Crippen molar-refractivity contribution >= 4 is 28.8 Å². The number of benzene rings is 2. The molecule has 2 aromatic carbocycles. The van der Waals surface area contributed by atoms with Crippen molar-refractivity contribution in [2.75, 3.05) is 44.6 Å². The molecular formula is C28H34N4O2S. The van der Waals surface area contributed by atoms with Crippen molar-refractivity contribution in [1.82, 2.24) is 15.1 Å². The molecule has 0 bridgehead atoms. The van der Waals surface area contributed by atoms with Crippen LogP contribution in [0.4, 0.5) is 5.69 Å². The fourth-order valence-corrected chi connectivity index (χ4v) is 5.19. The molecule has 6 nitrogen and oxygen atoms in total. The van der Waals surface area contributed by atoms with Crippen LogP contribution in [0.3, 0.4) is 0 Å². The lowest BCUT2D eigenvalue weighted by atomic mass is 10.0. The number of nitrogens with zero attached hydrogens (tertiary/aromatic N) is 2. The Morgan fingerprint density at radius 2 is 1.54 bits per heavy atom. The highest BCUT2D eigenvalue weighted by atomic mass is 32.1. The summed E-state index contributed by atoms with van der Waals surface area (Å²) in [7, 11) is 0. The summed E-state index contributed by atoms with van der Waals surface area (Å²) in [6.45, 7) is 7.94. The van der Waals surface area contributed by atoms with Crippen LogP contribution in [0.1, 0.15) is 34.5 Å². The Morgan fingerprint density at radius 3 is 2.17 bits per heavy atom. The number of hydrogen-bond donors (Lipinski definition) is 2. The zero-order valence-electron chi connectivity index (χ0n) is 20.5. The number of para-hydroxylation sites is 1. The summed E-state index contributed by atoms with van der Waals surface area (Å²) in [6, 6.07) is 20.2. The largest absolute Gasteiger partial charge is 0.343 e. The van der Waals surface area contributed by atoms with Crippen LogP contribution in [0.25, 0.3) is 0 Å². The van der Waals surface area contributed by atoms with Crippen LogP contribution >= 0.6 is 11.3 Å². The maximum Gasteiger partial charge on any atom is 0.238 e. The van der Waals surface area contributed by atoms with Gasteiger partial charge in [0.2, 0.25) is 11.8 Å². The van der Waals surface area contributed by atoms with E-state index >= 15 is 0 Å². The molecule has 2 heterocycles. The van der Waals surface area contributed by atoms with Crippen LogP contribution in [0, 0.1) is 6.92 Å². The number of thiophene rings is 1. The molecule has 2 N–H and O–H groups in total. The van der Waals surface area contributed by atoms with Gasteiger partial charge in [-0.05, 0) is 42.0 Å². The fourth-order valence-electron chi connectivity index (χ4n) is 4.39. The molecule has 1 aromatic heterocycles. The molecule has 0 saturated carbocycles. The van der Waals surface area contributed by atoms with Gasteiger partial charge < -0.3 is 10.6 Å². The summed E-state index contributed by atoms with van der Waals surface area (Å²) in [5.74, 6) is 0.0281. The van der Waals surface area contributed by atoms with Gasteiger partial charge in [0.1, 0.15) is 0 Å². The van der Waals surface area contributed by atoms with E-state index in [9.17, 15) is 9.59 Å². The standard InChI is InChI=1S/C28H34N4O2S/c1-3-22-7-4-5-8-24(22)29-26(33)19-31-14-16-32(17-15-31)20-27(34)30-28(25-9-6-18-35-25)23-12-10-21(2)11-13-23/h4-13,18,28H,3,14-17,19-20H2,1-2H3,(H,29,33)(H,30,34). The summed E-state index contributed by atoms with van der Waals surface area (Å²) >= 11 is 1.65. The Hall–Kier alpha value is -3.00. The van der Waals surface area contributed by atoms with Crippen LogP contribution < -0.4 is 10.6 Å². The normalized spacial score (nSPS) is 15.5. The second-order valence-electron chi connectivity index (χ2n) is 9.04. The van der Waals surface area contributed by atoms with Crippen LogP contribution in [0.5, 0.6) is 0 Å². The number of nitrogens with one attached hydrogen (secondary N) is 2. The number of anilines is 1. The highest BCUT2D eigenvalue weighted by Gasteiger charge is 2.23. The summed E-state index contributed by atoms with van der Waals surface area (Å²) in [4.78, 5) is 31.0.